The number of carbonyl (C=O) groups is 1. The standard InChI is InChI=1S/C15H28N2OS/c1-4-6-13-15(18)17(10-12-7-5-8-19-12)14(16-13)9-11(2)3/h11-14,16H,4-10H2,1-3H3. The Morgan fingerprint density at radius 1 is 1.47 bits per heavy atom. The molecule has 4 heteroatoms. The molecule has 2 fully saturated rings. The average Bonchev–Trinajstić information content (AvgIpc) is 2.94. The minimum Gasteiger partial charge on any atom is -0.325 e. The van der Waals surface area contributed by atoms with Gasteiger partial charge in [0.1, 0.15) is 0 Å². The van der Waals surface area contributed by atoms with Crippen molar-refractivity contribution in [1.29, 1.82) is 0 Å². The third kappa shape index (κ3) is 3.88. The number of carbonyl (C=O) groups excluding carboxylic acids is 1. The second kappa shape index (κ2) is 6.98. The van der Waals surface area contributed by atoms with Crippen molar-refractivity contribution in [2.24, 2.45) is 5.92 Å². The molecule has 3 nitrogen and oxygen atoms in total. The van der Waals surface area contributed by atoms with Gasteiger partial charge >= 0.3 is 0 Å². The minimum atomic E-state index is 0.0696. The summed E-state index contributed by atoms with van der Waals surface area (Å²) in [5.41, 5.74) is 0. The van der Waals surface area contributed by atoms with Crippen LogP contribution in [0.5, 0.6) is 0 Å². The highest BCUT2D eigenvalue weighted by atomic mass is 32.2. The van der Waals surface area contributed by atoms with E-state index in [2.05, 4.69) is 31.0 Å². The highest BCUT2D eigenvalue weighted by molar-refractivity contribution is 8.00. The summed E-state index contributed by atoms with van der Waals surface area (Å²) >= 11 is 2.05. The van der Waals surface area contributed by atoms with E-state index in [0.29, 0.717) is 17.1 Å². The van der Waals surface area contributed by atoms with Crippen molar-refractivity contribution in [3.05, 3.63) is 0 Å². The molecule has 3 atom stereocenters. The lowest BCUT2D eigenvalue weighted by molar-refractivity contribution is -0.130. The Labute approximate surface area is 121 Å². The normalized spacial score (nSPS) is 31.7. The molecule has 2 aliphatic rings. The summed E-state index contributed by atoms with van der Waals surface area (Å²) < 4.78 is 0. The molecule has 0 saturated carbocycles. The lowest BCUT2D eigenvalue weighted by atomic mass is 10.1. The van der Waals surface area contributed by atoms with Crippen molar-refractivity contribution >= 4 is 17.7 Å². The third-order valence-electron chi connectivity index (χ3n) is 4.05. The molecule has 3 unspecified atom stereocenters. The predicted octanol–water partition coefficient (Wildman–Crippen LogP) is 2.85. The molecule has 0 aromatic heterocycles. The molecule has 110 valence electrons. The van der Waals surface area contributed by atoms with E-state index in [1.807, 2.05) is 11.8 Å². The maximum Gasteiger partial charge on any atom is 0.241 e. The molecule has 2 aliphatic heterocycles. The Balaban J connectivity index is 1.99. The highest BCUT2D eigenvalue weighted by Crippen LogP contribution is 2.29. The zero-order chi connectivity index (χ0) is 13.8. The van der Waals surface area contributed by atoms with Gasteiger partial charge in [-0.2, -0.15) is 11.8 Å². The van der Waals surface area contributed by atoms with Crippen molar-refractivity contribution in [3.8, 4) is 0 Å². The molecule has 2 heterocycles. The van der Waals surface area contributed by atoms with E-state index in [0.717, 1.165) is 25.8 Å². The summed E-state index contributed by atoms with van der Waals surface area (Å²) in [5.74, 6) is 2.25. The van der Waals surface area contributed by atoms with Crippen LogP contribution < -0.4 is 5.32 Å². The van der Waals surface area contributed by atoms with E-state index in [1.54, 1.807) is 0 Å². The average molecular weight is 284 g/mol. The fraction of sp³-hybridized carbons (Fsp3) is 0.933. The van der Waals surface area contributed by atoms with Crippen LogP contribution in [-0.4, -0.2) is 40.6 Å². The number of thioether (sulfide) groups is 1. The molecule has 0 bridgehead atoms. The third-order valence-corrected chi connectivity index (χ3v) is 5.43. The number of amides is 1. The molecular formula is C15H28N2OS. The molecule has 1 amide bonds. The molecule has 2 saturated heterocycles. The van der Waals surface area contributed by atoms with Gasteiger partial charge in [0, 0.05) is 11.8 Å². The van der Waals surface area contributed by atoms with Gasteiger partial charge in [-0.15, -0.1) is 0 Å². The van der Waals surface area contributed by atoms with Gasteiger partial charge in [0.05, 0.1) is 12.2 Å². The molecule has 0 spiro atoms. The fourth-order valence-electron chi connectivity index (χ4n) is 3.11. The van der Waals surface area contributed by atoms with Crippen molar-refractivity contribution in [3.63, 3.8) is 0 Å². The molecule has 1 N–H and O–H groups in total. The first-order valence-electron chi connectivity index (χ1n) is 7.80. The molecular weight excluding hydrogens is 256 g/mol. The molecule has 0 aliphatic carbocycles. The molecule has 0 radical (unpaired) electrons. The summed E-state index contributed by atoms with van der Waals surface area (Å²) in [6.45, 7) is 7.58. The van der Waals surface area contributed by atoms with Crippen LogP contribution in [-0.2, 0) is 4.79 Å². The molecule has 2 rings (SSSR count). The van der Waals surface area contributed by atoms with Crippen LogP contribution in [0.15, 0.2) is 0 Å². The van der Waals surface area contributed by atoms with Crippen molar-refractivity contribution in [1.82, 2.24) is 10.2 Å². The monoisotopic (exact) mass is 284 g/mol. The number of nitrogens with one attached hydrogen (secondary N) is 1. The first kappa shape index (κ1) is 15.2. The highest BCUT2D eigenvalue weighted by Gasteiger charge is 2.39. The Morgan fingerprint density at radius 2 is 2.26 bits per heavy atom. The van der Waals surface area contributed by atoms with Crippen LogP contribution in [0.25, 0.3) is 0 Å². The van der Waals surface area contributed by atoms with Crippen LogP contribution in [0.2, 0.25) is 0 Å². The van der Waals surface area contributed by atoms with E-state index >= 15 is 0 Å². The van der Waals surface area contributed by atoms with Crippen LogP contribution in [0.1, 0.15) is 52.9 Å². The molecule has 0 aromatic carbocycles. The quantitative estimate of drug-likeness (QED) is 0.814. The van der Waals surface area contributed by atoms with E-state index < -0.39 is 0 Å². The minimum absolute atomic E-state index is 0.0696. The van der Waals surface area contributed by atoms with E-state index in [1.165, 1.54) is 18.6 Å². The van der Waals surface area contributed by atoms with Crippen molar-refractivity contribution in [2.75, 3.05) is 12.3 Å². The molecule has 0 aromatic rings. The van der Waals surface area contributed by atoms with E-state index in [9.17, 15) is 4.79 Å². The topological polar surface area (TPSA) is 32.3 Å². The van der Waals surface area contributed by atoms with Gasteiger partial charge < -0.3 is 4.90 Å². The first-order valence-corrected chi connectivity index (χ1v) is 8.84. The van der Waals surface area contributed by atoms with Gasteiger partial charge in [0.25, 0.3) is 0 Å². The zero-order valence-corrected chi connectivity index (χ0v) is 13.3. The smallest absolute Gasteiger partial charge is 0.241 e. The Morgan fingerprint density at radius 3 is 2.84 bits per heavy atom. The van der Waals surface area contributed by atoms with Crippen molar-refractivity contribution < 1.29 is 4.79 Å². The van der Waals surface area contributed by atoms with E-state index in [4.69, 9.17) is 0 Å². The molecule has 19 heavy (non-hydrogen) atoms. The fourth-order valence-corrected chi connectivity index (χ4v) is 4.38. The second-order valence-corrected chi connectivity index (χ2v) is 7.69. The summed E-state index contributed by atoms with van der Waals surface area (Å²) in [4.78, 5) is 14.7. The van der Waals surface area contributed by atoms with Crippen LogP contribution in [0.4, 0.5) is 0 Å². The maximum atomic E-state index is 12.5. The Bertz CT molecular complexity index is 303. The Hall–Kier alpha value is -0.220. The van der Waals surface area contributed by atoms with Gasteiger partial charge in [0.15, 0.2) is 0 Å². The lowest BCUT2D eigenvalue weighted by Gasteiger charge is -2.27. The summed E-state index contributed by atoms with van der Waals surface area (Å²) in [7, 11) is 0. The lowest BCUT2D eigenvalue weighted by Crippen LogP contribution is -2.41. The van der Waals surface area contributed by atoms with Gasteiger partial charge in [-0.3, -0.25) is 10.1 Å². The first-order chi connectivity index (χ1) is 9.11. The number of rotatable bonds is 6. The number of hydrogen-bond acceptors (Lipinski definition) is 3. The van der Waals surface area contributed by atoms with Crippen LogP contribution in [0.3, 0.4) is 0 Å². The largest absolute Gasteiger partial charge is 0.325 e. The SMILES string of the molecule is CCCC1NC(CC(C)C)N(CC2CCCS2)C1=O. The summed E-state index contributed by atoms with van der Waals surface area (Å²) in [6, 6.07) is 0.0696. The van der Waals surface area contributed by atoms with Crippen LogP contribution >= 0.6 is 11.8 Å². The van der Waals surface area contributed by atoms with Gasteiger partial charge in [-0.05, 0) is 37.4 Å². The second-order valence-electron chi connectivity index (χ2n) is 6.28. The zero-order valence-electron chi connectivity index (χ0n) is 12.5. The van der Waals surface area contributed by atoms with Gasteiger partial charge in [0.2, 0.25) is 5.91 Å². The Kier molecular flexibility index (Phi) is 5.58. The van der Waals surface area contributed by atoms with Gasteiger partial charge in [-0.25, -0.2) is 0 Å². The number of nitrogens with zero attached hydrogens (tertiary/aromatic N) is 1. The maximum absolute atomic E-state index is 12.5. The predicted molar refractivity (Wildman–Crippen MR) is 82.3 cm³/mol. The summed E-state index contributed by atoms with van der Waals surface area (Å²) in [5, 5.41) is 4.23. The summed E-state index contributed by atoms with van der Waals surface area (Å²) in [6.07, 6.45) is 5.99. The van der Waals surface area contributed by atoms with Gasteiger partial charge in [-0.1, -0.05) is 27.2 Å². The van der Waals surface area contributed by atoms with E-state index in [-0.39, 0.29) is 12.2 Å². The number of hydrogen-bond donors (Lipinski definition) is 1. The van der Waals surface area contributed by atoms with Crippen molar-refractivity contribution in [2.45, 2.75) is 70.3 Å². The van der Waals surface area contributed by atoms with Crippen LogP contribution in [0, 0.1) is 5.92 Å².